The first-order valence-electron chi connectivity index (χ1n) is 7.81. The summed E-state index contributed by atoms with van der Waals surface area (Å²) in [6.45, 7) is 0.707. The van der Waals surface area contributed by atoms with E-state index >= 15 is 0 Å². The van der Waals surface area contributed by atoms with Gasteiger partial charge in [0.25, 0.3) is 0 Å². The van der Waals surface area contributed by atoms with Crippen LogP contribution in [-0.2, 0) is 22.7 Å². The lowest BCUT2D eigenvalue weighted by Gasteiger charge is -2.16. The van der Waals surface area contributed by atoms with Crippen molar-refractivity contribution in [3.63, 3.8) is 0 Å². The zero-order chi connectivity index (χ0) is 17.0. The Morgan fingerprint density at radius 2 is 1.62 bits per heavy atom. The highest BCUT2D eigenvalue weighted by Gasteiger charge is 2.56. The molecule has 1 heterocycles. The molecular weight excluding hydrogens is 326 g/mol. The Morgan fingerprint density at radius 1 is 1.00 bits per heavy atom. The number of hydrogen-bond donors (Lipinski definition) is 2. The molecule has 5 nitrogen and oxygen atoms in total. The summed E-state index contributed by atoms with van der Waals surface area (Å²) in [7, 11) is 0. The van der Waals surface area contributed by atoms with Crippen molar-refractivity contribution in [1.29, 1.82) is 0 Å². The van der Waals surface area contributed by atoms with Crippen molar-refractivity contribution < 1.29 is 9.59 Å². The molecule has 0 atom stereocenters. The molecule has 1 aliphatic rings. The molecule has 24 heavy (non-hydrogen) atoms. The van der Waals surface area contributed by atoms with Crippen molar-refractivity contribution in [2.75, 3.05) is 0 Å². The van der Waals surface area contributed by atoms with Crippen LogP contribution < -0.4 is 10.6 Å². The molecule has 1 fully saturated rings. The van der Waals surface area contributed by atoms with Crippen LogP contribution >= 0.6 is 11.6 Å². The van der Waals surface area contributed by atoms with Crippen LogP contribution in [0.15, 0.2) is 48.8 Å². The summed E-state index contributed by atoms with van der Waals surface area (Å²) in [5.41, 5.74) is 0.847. The molecule has 3 rings (SSSR count). The van der Waals surface area contributed by atoms with E-state index in [4.69, 9.17) is 11.6 Å². The highest BCUT2D eigenvalue weighted by molar-refractivity contribution is 6.31. The normalized spacial score (nSPS) is 14.7. The smallest absolute Gasteiger partial charge is 0.235 e. The van der Waals surface area contributed by atoms with Gasteiger partial charge >= 0.3 is 0 Å². The summed E-state index contributed by atoms with van der Waals surface area (Å²) in [6.07, 6.45) is 4.49. The van der Waals surface area contributed by atoms with Crippen molar-refractivity contribution >= 4 is 23.4 Å². The van der Waals surface area contributed by atoms with Gasteiger partial charge in [-0.2, -0.15) is 0 Å². The van der Waals surface area contributed by atoms with Crippen LogP contribution in [0.3, 0.4) is 0 Å². The summed E-state index contributed by atoms with van der Waals surface area (Å²) < 4.78 is 0. The van der Waals surface area contributed by atoms with Crippen LogP contribution in [0.4, 0.5) is 0 Å². The third-order valence-electron chi connectivity index (χ3n) is 4.22. The first-order valence-corrected chi connectivity index (χ1v) is 8.18. The van der Waals surface area contributed by atoms with Crippen molar-refractivity contribution in [2.45, 2.75) is 25.9 Å². The predicted molar refractivity (Wildman–Crippen MR) is 91.0 cm³/mol. The number of pyridine rings is 1. The van der Waals surface area contributed by atoms with Crippen molar-refractivity contribution in [3.05, 3.63) is 64.9 Å². The summed E-state index contributed by atoms with van der Waals surface area (Å²) in [6, 6.07) is 11.0. The van der Waals surface area contributed by atoms with Gasteiger partial charge in [0.15, 0.2) is 0 Å². The van der Waals surface area contributed by atoms with Gasteiger partial charge in [0.1, 0.15) is 5.41 Å². The quantitative estimate of drug-likeness (QED) is 0.791. The summed E-state index contributed by atoms with van der Waals surface area (Å²) in [5.74, 6) is -0.467. The molecule has 0 saturated heterocycles. The number of nitrogens with one attached hydrogen (secondary N) is 2. The number of aromatic nitrogens is 1. The van der Waals surface area contributed by atoms with E-state index in [1.54, 1.807) is 18.5 Å². The van der Waals surface area contributed by atoms with E-state index in [-0.39, 0.29) is 11.8 Å². The van der Waals surface area contributed by atoms with E-state index in [1.165, 1.54) is 0 Å². The van der Waals surface area contributed by atoms with Gasteiger partial charge in [-0.3, -0.25) is 14.6 Å². The molecule has 0 spiro atoms. The lowest BCUT2D eigenvalue weighted by molar-refractivity contribution is -0.137. The molecule has 2 aromatic rings. The van der Waals surface area contributed by atoms with Gasteiger partial charge in [-0.05, 0) is 42.2 Å². The van der Waals surface area contributed by atoms with E-state index < -0.39 is 5.41 Å². The maximum absolute atomic E-state index is 12.4. The van der Waals surface area contributed by atoms with Crippen LogP contribution in [0, 0.1) is 5.41 Å². The van der Waals surface area contributed by atoms with Crippen LogP contribution in [0.2, 0.25) is 5.02 Å². The number of halogens is 1. The SMILES string of the molecule is O=C(NCc1ccncc1)C1(C(=O)NCc2ccccc2Cl)CC1. The van der Waals surface area contributed by atoms with Crippen LogP contribution in [0.5, 0.6) is 0 Å². The summed E-state index contributed by atoms with van der Waals surface area (Å²) in [4.78, 5) is 28.8. The number of amides is 2. The minimum Gasteiger partial charge on any atom is -0.351 e. The Morgan fingerprint density at radius 3 is 2.25 bits per heavy atom. The molecule has 0 unspecified atom stereocenters. The monoisotopic (exact) mass is 343 g/mol. The van der Waals surface area contributed by atoms with Crippen LogP contribution in [0.1, 0.15) is 24.0 Å². The highest BCUT2D eigenvalue weighted by Crippen LogP contribution is 2.46. The van der Waals surface area contributed by atoms with Gasteiger partial charge in [-0.1, -0.05) is 29.8 Å². The van der Waals surface area contributed by atoms with E-state index in [2.05, 4.69) is 15.6 Å². The molecule has 124 valence electrons. The molecule has 0 bridgehead atoms. The number of hydrogen-bond acceptors (Lipinski definition) is 3. The fourth-order valence-corrected chi connectivity index (χ4v) is 2.72. The van der Waals surface area contributed by atoms with E-state index in [0.29, 0.717) is 31.0 Å². The van der Waals surface area contributed by atoms with E-state index in [1.807, 2.05) is 30.3 Å². The Bertz CT molecular complexity index is 745. The van der Waals surface area contributed by atoms with Gasteiger partial charge in [0.05, 0.1) is 0 Å². The molecular formula is C18H18ClN3O2. The highest BCUT2D eigenvalue weighted by atomic mass is 35.5. The second kappa shape index (κ2) is 7.01. The number of carbonyl (C=O) groups is 2. The first-order chi connectivity index (χ1) is 11.6. The largest absolute Gasteiger partial charge is 0.351 e. The Hall–Kier alpha value is -2.40. The van der Waals surface area contributed by atoms with Crippen molar-refractivity contribution in [3.8, 4) is 0 Å². The minimum absolute atomic E-state index is 0.226. The average Bonchev–Trinajstić information content (AvgIpc) is 3.41. The zero-order valence-corrected chi connectivity index (χ0v) is 13.8. The molecule has 1 aromatic heterocycles. The lowest BCUT2D eigenvalue weighted by Crippen LogP contribution is -2.42. The van der Waals surface area contributed by atoms with Crippen molar-refractivity contribution in [2.24, 2.45) is 5.41 Å². The third-order valence-corrected chi connectivity index (χ3v) is 4.59. The maximum Gasteiger partial charge on any atom is 0.235 e. The third kappa shape index (κ3) is 3.57. The molecule has 1 aromatic carbocycles. The number of benzene rings is 1. The average molecular weight is 344 g/mol. The number of nitrogens with zero attached hydrogens (tertiary/aromatic N) is 1. The second-order valence-corrected chi connectivity index (χ2v) is 6.30. The Balaban J connectivity index is 1.56. The predicted octanol–water partition coefficient (Wildman–Crippen LogP) is 2.45. The Kier molecular flexibility index (Phi) is 4.81. The molecule has 6 heteroatoms. The lowest BCUT2D eigenvalue weighted by atomic mass is 10.0. The van der Waals surface area contributed by atoms with Gasteiger partial charge in [0, 0.05) is 30.5 Å². The zero-order valence-electron chi connectivity index (χ0n) is 13.1. The van der Waals surface area contributed by atoms with E-state index in [0.717, 1.165) is 11.1 Å². The van der Waals surface area contributed by atoms with E-state index in [9.17, 15) is 9.59 Å². The van der Waals surface area contributed by atoms with Crippen molar-refractivity contribution in [1.82, 2.24) is 15.6 Å². The maximum atomic E-state index is 12.4. The van der Waals surface area contributed by atoms with Gasteiger partial charge in [-0.25, -0.2) is 0 Å². The molecule has 0 radical (unpaired) electrons. The van der Waals surface area contributed by atoms with Crippen LogP contribution in [0.25, 0.3) is 0 Å². The van der Waals surface area contributed by atoms with Gasteiger partial charge in [0.2, 0.25) is 11.8 Å². The number of carbonyl (C=O) groups excluding carboxylic acids is 2. The summed E-state index contributed by atoms with van der Waals surface area (Å²) >= 11 is 6.08. The second-order valence-electron chi connectivity index (χ2n) is 5.89. The first kappa shape index (κ1) is 16.5. The summed E-state index contributed by atoms with van der Waals surface area (Å²) in [5, 5.41) is 6.27. The standard InChI is InChI=1S/C18H18ClN3O2/c19-15-4-2-1-3-14(15)12-22-17(24)18(7-8-18)16(23)21-11-13-5-9-20-10-6-13/h1-6,9-10H,7-8,11-12H2,(H,21,23)(H,22,24). The fourth-order valence-electron chi connectivity index (χ4n) is 2.52. The topological polar surface area (TPSA) is 71.1 Å². The molecule has 1 saturated carbocycles. The number of rotatable bonds is 6. The van der Waals surface area contributed by atoms with Gasteiger partial charge in [-0.15, -0.1) is 0 Å². The molecule has 1 aliphatic carbocycles. The molecule has 0 aliphatic heterocycles. The molecule has 2 N–H and O–H groups in total. The van der Waals surface area contributed by atoms with Crippen LogP contribution in [-0.4, -0.2) is 16.8 Å². The van der Waals surface area contributed by atoms with Gasteiger partial charge < -0.3 is 10.6 Å². The fraction of sp³-hybridized carbons (Fsp3) is 0.278. The Labute approximate surface area is 145 Å². The molecule has 2 amide bonds. The minimum atomic E-state index is -0.936.